The van der Waals surface area contributed by atoms with Crippen LogP contribution in [0, 0.1) is 12.0 Å². The SMILES string of the molecule is C#C[Si]CC[Si]CCC. The van der Waals surface area contributed by atoms with Crippen LogP contribution in [-0.4, -0.2) is 19.0 Å². The van der Waals surface area contributed by atoms with E-state index in [0.717, 1.165) is 19.0 Å². The van der Waals surface area contributed by atoms with E-state index in [-0.39, 0.29) is 0 Å². The highest BCUT2D eigenvalue weighted by Gasteiger charge is 1.87. The lowest BCUT2D eigenvalue weighted by Gasteiger charge is -1.91. The Labute approximate surface area is 63.1 Å². The average molecular weight is 152 g/mol. The van der Waals surface area contributed by atoms with Gasteiger partial charge in [-0.15, -0.1) is 12.0 Å². The molecule has 2 heteroatoms. The minimum Gasteiger partial charge on any atom is -0.139 e. The van der Waals surface area contributed by atoms with Gasteiger partial charge in [0.25, 0.3) is 0 Å². The van der Waals surface area contributed by atoms with Crippen LogP contribution in [0.15, 0.2) is 0 Å². The van der Waals surface area contributed by atoms with Crippen molar-refractivity contribution in [1.29, 1.82) is 0 Å². The Morgan fingerprint density at radius 2 is 2.11 bits per heavy atom. The zero-order valence-electron chi connectivity index (χ0n) is 5.91. The van der Waals surface area contributed by atoms with Gasteiger partial charge in [0, 0.05) is 9.52 Å². The Morgan fingerprint density at radius 1 is 1.33 bits per heavy atom. The number of rotatable bonds is 5. The Hall–Kier alpha value is -0.00623. The molecular weight excluding hydrogens is 140 g/mol. The van der Waals surface area contributed by atoms with Gasteiger partial charge in [0.1, 0.15) is 9.52 Å². The standard InChI is InChI=1S/C7H12Si2/c1-3-5-9-7-6-8-4-2/h2H,3,5-7H2,1H3. The van der Waals surface area contributed by atoms with E-state index in [2.05, 4.69) is 12.5 Å². The maximum atomic E-state index is 5.11. The third-order valence-corrected chi connectivity index (χ3v) is 3.62. The van der Waals surface area contributed by atoms with Crippen molar-refractivity contribution in [3.63, 3.8) is 0 Å². The highest BCUT2D eigenvalue weighted by atomic mass is 28.2. The lowest BCUT2D eigenvalue weighted by molar-refractivity contribution is 1.07. The highest BCUT2D eigenvalue weighted by molar-refractivity contribution is 6.48. The Balaban J connectivity index is 2.69. The summed E-state index contributed by atoms with van der Waals surface area (Å²) in [6, 6.07) is 4.01. The predicted molar refractivity (Wildman–Crippen MR) is 45.1 cm³/mol. The van der Waals surface area contributed by atoms with Crippen molar-refractivity contribution < 1.29 is 0 Å². The van der Waals surface area contributed by atoms with Crippen LogP contribution in [-0.2, 0) is 0 Å². The lowest BCUT2D eigenvalue weighted by atomic mass is 10.6. The molecule has 0 aromatic heterocycles. The zero-order valence-corrected chi connectivity index (χ0v) is 7.91. The Bertz CT molecular complexity index is 83.4. The summed E-state index contributed by atoms with van der Waals surface area (Å²) >= 11 is 0. The Kier molecular flexibility index (Phi) is 7.99. The van der Waals surface area contributed by atoms with Gasteiger partial charge in [0.15, 0.2) is 0 Å². The van der Waals surface area contributed by atoms with Crippen molar-refractivity contribution >= 4 is 19.0 Å². The van der Waals surface area contributed by atoms with E-state index >= 15 is 0 Å². The first-order valence-electron chi connectivity index (χ1n) is 3.31. The number of terminal acetylenes is 1. The number of hydrogen-bond acceptors (Lipinski definition) is 0. The first-order valence-corrected chi connectivity index (χ1v) is 5.93. The second kappa shape index (κ2) is 7.99. The fraction of sp³-hybridized carbons (Fsp3) is 0.714. The molecule has 0 aliphatic heterocycles. The van der Waals surface area contributed by atoms with Gasteiger partial charge in [-0.2, -0.15) is 0 Å². The van der Waals surface area contributed by atoms with E-state index in [9.17, 15) is 0 Å². The van der Waals surface area contributed by atoms with Crippen molar-refractivity contribution in [1.82, 2.24) is 0 Å². The van der Waals surface area contributed by atoms with Gasteiger partial charge in [-0.1, -0.05) is 31.5 Å². The molecule has 0 aliphatic rings. The van der Waals surface area contributed by atoms with Crippen LogP contribution in [0.1, 0.15) is 13.3 Å². The summed E-state index contributed by atoms with van der Waals surface area (Å²) in [6.45, 7) is 2.23. The fourth-order valence-corrected chi connectivity index (χ4v) is 2.48. The lowest BCUT2D eigenvalue weighted by Crippen LogP contribution is -1.90. The van der Waals surface area contributed by atoms with E-state index in [1.165, 1.54) is 24.6 Å². The molecule has 0 spiro atoms. The molecule has 0 saturated carbocycles. The van der Waals surface area contributed by atoms with Gasteiger partial charge in [-0.25, -0.2) is 0 Å². The van der Waals surface area contributed by atoms with Crippen molar-refractivity contribution in [3.8, 4) is 12.0 Å². The molecule has 0 aromatic carbocycles. The third kappa shape index (κ3) is 7.99. The average Bonchev–Trinajstić information content (AvgIpc) is 1.89. The fourth-order valence-electron chi connectivity index (χ4n) is 0.525. The topological polar surface area (TPSA) is 0 Å². The molecule has 0 unspecified atom stereocenters. The molecule has 0 rings (SSSR count). The van der Waals surface area contributed by atoms with Gasteiger partial charge in [-0.3, -0.25) is 0 Å². The van der Waals surface area contributed by atoms with Gasteiger partial charge >= 0.3 is 0 Å². The molecule has 0 bridgehead atoms. The molecule has 0 heterocycles. The van der Waals surface area contributed by atoms with E-state index in [4.69, 9.17) is 6.42 Å². The van der Waals surface area contributed by atoms with Gasteiger partial charge in [0.05, 0.1) is 0 Å². The van der Waals surface area contributed by atoms with Crippen molar-refractivity contribution in [2.75, 3.05) is 0 Å². The second-order valence-electron chi connectivity index (χ2n) is 1.82. The minimum absolute atomic E-state index is 0.761. The molecule has 4 radical (unpaired) electrons. The van der Waals surface area contributed by atoms with Crippen LogP contribution in [0.2, 0.25) is 18.1 Å². The molecule has 0 nitrogen and oxygen atoms in total. The summed E-state index contributed by atoms with van der Waals surface area (Å²) in [4.78, 5) is 0. The van der Waals surface area contributed by atoms with E-state index in [1.54, 1.807) is 0 Å². The summed E-state index contributed by atoms with van der Waals surface area (Å²) in [5.41, 5.74) is 2.68. The van der Waals surface area contributed by atoms with E-state index < -0.39 is 0 Å². The summed E-state index contributed by atoms with van der Waals surface area (Å²) in [6.07, 6.45) is 6.44. The van der Waals surface area contributed by atoms with Crippen LogP contribution in [0.25, 0.3) is 0 Å². The molecule has 0 saturated heterocycles. The normalized spacial score (nSPS) is 8.89. The third-order valence-electron chi connectivity index (χ3n) is 0.956. The number of hydrogen-bond donors (Lipinski definition) is 0. The van der Waals surface area contributed by atoms with Crippen LogP contribution in [0.3, 0.4) is 0 Å². The summed E-state index contributed by atoms with van der Waals surface area (Å²) in [7, 11) is 1.91. The van der Waals surface area contributed by atoms with Crippen molar-refractivity contribution in [3.05, 3.63) is 0 Å². The van der Waals surface area contributed by atoms with Crippen molar-refractivity contribution in [2.24, 2.45) is 0 Å². The molecule has 0 N–H and O–H groups in total. The van der Waals surface area contributed by atoms with Gasteiger partial charge in [0.2, 0.25) is 0 Å². The van der Waals surface area contributed by atoms with Gasteiger partial charge < -0.3 is 0 Å². The molecule has 0 aliphatic carbocycles. The molecule has 48 valence electrons. The monoisotopic (exact) mass is 152 g/mol. The van der Waals surface area contributed by atoms with Gasteiger partial charge in [-0.05, 0) is 0 Å². The molecule has 0 aromatic rings. The largest absolute Gasteiger partial charge is 0.147 e. The smallest absolute Gasteiger partial charge is 0.139 e. The van der Waals surface area contributed by atoms with E-state index in [1.807, 2.05) is 0 Å². The maximum Gasteiger partial charge on any atom is 0.147 e. The first-order chi connectivity index (χ1) is 4.41. The quantitative estimate of drug-likeness (QED) is 0.319. The van der Waals surface area contributed by atoms with Crippen LogP contribution < -0.4 is 0 Å². The molecule has 0 amide bonds. The molecule has 0 atom stereocenters. The summed E-state index contributed by atoms with van der Waals surface area (Å²) < 4.78 is 0. The van der Waals surface area contributed by atoms with Crippen LogP contribution >= 0.6 is 0 Å². The maximum absolute atomic E-state index is 5.11. The minimum atomic E-state index is 0.761. The van der Waals surface area contributed by atoms with Crippen LogP contribution in [0.5, 0.6) is 0 Å². The molecule has 9 heavy (non-hydrogen) atoms. The highest BCUT2D eigenvalue weighted by Crippen LogP contribution is 1.93. The first kappa shape index (κ1) is 8.99. The Morgan fingerprint density at radius 3 is 2.67 bits per heavy atom. The zero-order chi connectivity index (χ0) is 6.95. The molecular formula is C7H12Si2. The summed E-state index contributed by atoms with van der Waals surface area (Å²) in [5.74, 6) is 0. The van der Waals surface area contributed by atoms with E-state index in [0.29, 0.717) is 0 Å². The molecule has 0 fully saturated rings. The summed E-state index contributed by atoms with van der Waals surface area (Å²) in [5, 5.41) is 0. The predicted octanol–water partition coefficient (Wildman–Crippen LogP) is 1.65. The second-order valence-corrected chi connectivity index (χ2v) is 4.46. The van der Waals surface area contributed by atoms with Crippen LogP contribution in [0.4, 0.5) is 0 Å². The van der Waals surface area contributed by atoms with Crippen molar-refractivity contribution in [2.45, 2.75) is 31.5 Å².